The van der Waals surface area contributed by atoms with Crippen molar-refractivity contribution in [3.05, 3.63) is 66.1 Å². The minimum atomic E-state index is -0.442. The maximum atomic E-state index is 14.6. The molecule has 1 fully saturated rings. The van der Waals surface area contributed by atoms with Crippen LogP contribution in [0, 0.1) is 11.7 Å². The van der Waals surface area contributed by atoms with Crippen molar-refractivity contribution in [3.8, 4) is 11.1 Å². The molecule has 0 radical (unpaired) electrons. The molecule has 2 aromatic carbocycles. The third-order valence-electron chi connectivity index (χ3n) is 4.88. The number of halogens is 1. The topological polar surface area (TPSA) is 42.0 Å². The molecule has 1 aliphatic heterocycles. The van der Waals surface area contributed by atoms with E-state index >= 15 is 0 Å². The number of aromatic nitrogens is 1. The van der Waals surface area contributed by atoms with Crippen molar-refractivity contribution in [2.45, 2.75) is 12.8 Å². The molecule has 126 valence electrons. The van der Waals surface area contributed by atoms with Gasteiger partial charge in [0.2, 0.25) is 0 Å². The van der Waals surface area contributed by atoms with Crippen molar-refractivity contribution < 1.29 is 9.18 Å². The van der Waals surface area contributed by atoms with Crippen LogP contribution in [0.4, 0.5) is 4.39 Å². The fraction of sp³-hybridized carbons (Fsp3) is 0.238. The van der Waals surface area contributed by atoms with Crippen molar-refractivity contribution in [2.75, 3.05) is 13.1 Å². The lowest BCUT2D eigenvalue weighted by Crippen LogP contribution is -2.32. The van der Waals surface area contributed by atoms with E-state index in [1.807, 2.05) is 36.4 Å². The van der Waals surface area contributed by atoms with Crippen LogP contribution in [0.25, 0.3) is 22.0 Å². The number of benzene rings is 2. The van der Waals surface area contributed by atoms with Crippen LogP contribution >= 0.6 is 0 Å². The summed E-state index contributed by atoms with van der Waals surface area (Å²) >= 11 is 0. The zero-order valence-corrected chi connectivity index (χ0v) is 13.8. The van der Waals surface area contributed by atoms with E-state index in [2.05, 4.69) is 10.3 Å². The smallest absolute Gasteiger partial charge is 0.168 e. The average molecular weight is 334 g/mol. The summed E-state index contributed by atoms with van der Waals surface area (Å²) in [7, 11) is 0. The number of piperidine rings is 1. The molecule has 0 aliphatic carbocycles. The minimum Gasteiger partial charge on any atom is -0.317 e. The highest BCUT2D eigenvalue weighted by Crippen LogP contribution is 2.27. The first-order valence-corrected chi connectivity index (χ1v) is 8.62. The highest BCUT2D eigenvalue weighted by atomic mass is 19.1. The Balaban J connectivity index is 1.65. The molecule has 1 aliphatic rings. The molecule has 0 amide bonds. The van der Waals surface area contributed by atoms with Crippen molar-refractivity contribution in [1.29, 1.82) is 0 Å². The van der Waals surface area contributed by atoms with E-state index in [1.54, 1.807) is 12.3 Å². The second kappa shape index (κ2) is 6.73. The van der Waals surface area contributed by atoms with Crippen LogP contribution in [0.1, 0.15) is 23.2 Å². The zero-order valence-electron chi connectivity index (χ0n) is 13.8. The maximum Gasteiger partial charge on any atom is 0.168 e. The third kappa shape index (κ3) is 3.17. The van der Waals surface area contributed by atoms with E-state index in [-0.39, 0.29) is 17.3 Å². The standard InChI is InChI=1S/C21H19FN2O/c22-19-12-16(17-4-3-14-2-1-9-24-20(14)13-17)5-6-18(19)21(25)15-7-10-23-11-8-15/h1-6,9,12-13,15,23H,7-8,10-11H2. The Morgan fingerprint density at radius 1 is 1.04 bits per heavy atom. The Bertz CT molecular complexity index is 932. The fourth-order valence-electron chi connectivity index (χ4n) is 3.44. The highest BCUT2D eigenvalue weighted by molar-refractivity contribution is 5.98. The van der Waals surface area contributed by atoms with Crippen LogP contribution in [0.3, 0.4) is 0 Å². The van der Waals surface area contributed by atoms with Crippen LogP contribution in [0.15, 0.2) is 54.7 Å². The van der Waals surface area contributed by atoms with E-state index in [9.17, 15) is 9.18 Å². The molecule has 3 aromatic rings. The van der Waals surface area contributed by atoms with E-state index < -0.39 is 5.82 Å². The molecular formula is C21H19FN2O. The molecule has 2 heterocycles. The van der Waals surface area contributed by atoms with E-state index in [4.69, 9.17) is 0 Å². The summed E-state index contributed by atoms with van der Waals surface area (Å²) in [6.45, 7) is 1.64. The summed E-state index contributed by atoms with van der Waals surface area (Å²) in [5.74, 6) is -0.598. The van der Waals surface area contributed by atoms with Gasteiger partial charge in [-0.2, -0.15) is 0 Å². The van der Waals surface area contributed by atoms with E-state index in [0.717, 1.165) is 48.0 Å². The number of carbonyl (C=O) groups is 1. The summed E-state index contributed by atoms with van der Waals surface area (Å²) in [5.41, 5.74) is 2.72. The number of Topliss-reactive ketones (excluding diaryl/α,β-unsaturated/α-hetero) is 1. The van der Waals surface area contributed by atoms with Gasteiger partial charge in [0.15, 0.2) is 5.78 Å². The van der Waals surface area contributed by atoms with Gasteiger partial charge in [0.25, 0.3) is 0 Å². The van der Waals surface area contributed by atoms with Gasteiger partial charge in [0.1, 0.15) is 5.82 Å². The Kier molecular flexibility index (Phi) is 4.28. The Morgan fingerprint density at radius 3 is 2.60 bits per heavy atom. The van der Waals surface area contributed by atoms with Crippen molar-refractivity contribution in [2.24, 2.45) is 5.92 Å². The minimum absolute atomic E-state index is 0.0773. The van der Waals surface area contributed by atoms with Gasteiger partial charge < -0.3 is 5.32 Å². The third-order valence-corrected chi connectivity index (χ3v) is 4.88. The van der Waals surface area contributed by atoms with Crippen LogP contribution in [0.2, 0.25) is 0 Å². The normalized spacial score (nSPS) is 15.4. The largest absolute Gasteiger partial charge is 0.317 e. The fourth-order valence-corrected chi connectivity index (χ4v) is 3.44. The summed E-state index contributed by atoms with van der Waals surface area (Å²) in [6, 6.07) is 14.7. The molecule has 25 heavy (non-hydrogen) atoms. The van der Waals surface area contributed by atoms with Crippen LogP contribution in [0.5, 0.6) is 0 Å². The first kappa shape index (κ1) is 15.9. The molecule has 4 heteroatoms. The van der Waals surface area contributed by atoms with Crippen molar-refractivity contribution in [3.63, 3.8) is 0 Å². The summed E-state index contributed by atoms with van der Waals surface area (Å²) in [5, 5.41) is 4.27. The quantitative estimate of drug-likeness (QED) is 0.729. The number of rotatable bonds is 3. The Labute approximate surface area is 145 Å². The van der Waals surface area contributed by atoms with Crippen LogP contribution in [-0.4, -0.2) is 23.9 Å². The predicted molar refractivity (Wildman–Crippen MR) is 97.1 cm³/mol. The van der Waals surface area contributed by atoms with E-state index in [0.29, 0.717) is 0 Å². The second-order valence-electron chi connectivity index (χ2n) is 6.49. The number of hydrogen-bond donors (Lipinski definition) is 1. The molecule has 0 saturated carbocycles. The second-order valence-corrected chi connectivity index (χ2v) is 6.49. The van der Waals surface area contributed by atoms with Crippen molar-refractivity contribution >= 4 is 16.7 Å². The van der Waals surface area contributed by atoms with Gasteiger partial charge in [0, 0.05) is 17.5 Å². The Hall–Kier alpha value is -2.59. The average Bonchev–Trinajstić information content (AvgIpc) is 2.67. The number of nitrogens with one attached hydrogen (secondary N) is 1. The monoisotopic (exact) mass is 334 g/mol. The first-order valence-electron chi connectivity index (χ1n) is 8.62. The predicted octanol–water partition coefficient (Wildman–Crippen LogP) is 4.22. The van der Waals surface area contributed by atoms with Crippen LogP contribution < -0.4 is 5.32 Å². The zero-order chi connectivity index (χ0) is 17.2. The first-order chi connectivity index (χ1) is 12.2. The molecule has 0 atom stereocenters. The van der Waals surface area contributed by atoms with Gasteiger partial charge in [-0.25, -0.2) is 4.39 Å². The number of carbonyl (C=O) groups excluding carboxylic acids is 1. The van der Waals surface area contributed by atoms with Gasteiger partial charge in [-0.05, 0) is 61.3 Å². The molecule has 1 N–H and O–H groups in total. The Morgan fingerprint density at radius 2 is 1.80 bits per heavy atom. The summed E-state index contributed by atoms with van der Waals surface area (Å²) in [6.07, 6.45) is 3.29. The molecule has 3 nitrogen and oxygen atoms in total. The summed E-state index contributed by atoms with van der Waals surface area (Å²) in [4.78, 5) is 16.9. The number of fused-ring (bicyclic) bond motifs is 1. The lowest BCUT2D eigenvalue weighted by atomic mass is 9.88. The highest BCUT2D eigenvalue weighted by Gasteiger charge is 2.24. The van der Waals surface area contributed by atoms with Crippen molar-refractivity contribution in [1.82, 2.24) is 10.3 Å². The molecule has 1 aromatic heterocycles. The molecule has 0 spiro atoms. The molecular weight excluding hydrogens is 315 g/mol. The molecule has 4 rings (SSSR count). The van der Waals surface area contributed by atoms with Gasteiger partial charge in [-0.1, -0.05) is 24.3 Å². The van der Waals surface area contributed by atoms with Crippen LogP contribution in [-0.2, 0) is 0 Å². The van der Waals surface area contributed by atoms with Gasteiger partial charge in [0.05, 0.1) is 11.1 Å². The number of nitrogens with zero attached hydrogens (tertiary/aromatic N) is 1. The molecule has 1 saturated heterocycles. The lowest BCUT2D eigenvalue weighted by Gasteiger charge is -2.21. The van der Waals surface area contributed by atoms with Gasteiger partial charge in [-0.15, -0.1) is 0 Å². The number of pyridine rings is 1. The molecule has 0 unspecified atom stereocenters. The summed E-state index contributed by atoms with van der Waals surface area (Å²) < 4.78 is 14.6. The van der Waals surface area contributed by atoms with Gasteiger partial charge >= 0.3 is 0 Å². The SMILES string of the molecule is O=C(c1ccc(-c2ccc3cccnc3c2)cc1F)C1CCNCC1. The number of hydrogen-bond acceptors (Lipinski definition) is 3. The lowest BCUT2D eigenvalue weighted by molar-refractivity contribution is 0.0891. The maximum absolute atomic E-state index is 14.6. The van der Waals surface area contributed by atoms with Gasteiger partial charge in [-0.3, -0.25) is 9.78 Å². The van der Waals surface area contributed by atoms with E-state index in [1.165, 1.54) is 6.07 Å². The molecule has 0 bridgehead atoms. The number of ketones is 1.